The minimum Gasteiger partial charge on any atom is -0.478 e. The Bertz CT molecular complexity index is 1540. The van der Waals surface area contributed by atoms with Gasteiger partial charge in [-0.25, -0.2) is 9.48 Å². The first-order valence-electron chi connectivity index (χ1n) is 11.7. The van der Waals surface area contributed by atoms with Gasteiger partial charge in [-0.3, -0.25) is 4.79 Å². The van der Waals surface area contributed by atoms with E-state index in [1.165, 1.54) is 4.88 Å². The number of carbonyl (C=O) groups excluding carboxylic acids is 1. The Hall–Kier alpha value is -3.68. The molecule has 0 amide bonds. The summed E-state index contributed by atoms with van der Waals surface area (Å²) in [6.45, 7) is 1.90. The maximum Gasteiger partial charge on any atom is 0.337 e. The minimum atomic E-state index is -1.02. The average molecular weight is 516 g/mol. The van der Waals surface area contributed by atoms with E-state index in [1.54, 1.807) is 40.3 Å². The van der Waals surface area contributed by atoms with Crippen molar-refractivity contribution < 1.29 is 14.7 Å². The molecule has 2 aromatic heterocycles. The lowest BCUT2D eigenvalue weighted by Gasteiger charge is -2.35. The van der Waals surface area contributed by atoms with E-state index in [2.05, 4.69) is 11.4 Å². The zero-order valence-electron chi connectivity index (χ0n) is 19.4. The van der Waals surface area contributed by atoms with Crippen molar-refractivity contribution in [3.05, 3.63) is 110 Å². The van der Waals surface area contributed by atoms with Crippen LogP contribution in [0.2, 0.25) is 5.02 Å². The standard InChI is InChI=1S/C28H22ClN3O3S/c1-15-24-25(16-8-10-18(29)11-9-16)26-20(13-17(14-22(26)33)23-7-4-12-36-23)30-27(24)32(31-15)21-6-3-2-5-19(21)28(34)35/h2-12,17,25,30H,13-14H2,1H3,(H,34,35)/t17-,25+/m1/s1. The van der Waals surface area contributed by atoms with Crippen LogP contribution in [-0.4, -0.2) is 26.6 Å². The number of halogens is 1. The van der Waals surface area contributed by atoms with E-state index in [1.807, 2.05) is 42.6 Å². The number of fused-ring (bicyclic) bond motifs is 1. The van der Waals surface area contributed by atoms with Crippen LogP contribution in [0.25, 0.3) is 5.69 Å². The lowest BCUT2D eigenvalue weighted by molar-refractivity contribution is -0.116. The highest BCUT2D eigenvalue weighted by Gasteiger charge is 2.41. The number of nitrogens with zero attached hydrogens (tertiary/aromatic N) is 2. The number of thiophene rings is 1. The van der Waals surface area contributed by atoms with Crippen molar-refractivity contribution in [2.24, 2.45) is 0 Å². The molecular weight excluding hydrogens is 494 g/mol. The van der Waals surface area contributed by atoms with E-state index in [-0.39, 0.29) is 23.2 Å². The number of aromatic carboxylic acids is 1. The molecule has 36 heavy (non-hydrogen) atoms. The summed E-state index contributed by atoms with van der Waals surface area (Å²) in [4.78, 5) is 26.9. The van der Waals surface area contributed by atoms with Crippen LogP contribution in [0, 0.1) is 6.92 Å². The number of benzene rings is 2. The summed E-state index contributed by atoms with van der Waals surface area (Å²) in [7, 11) is 0. The molecule has 3 heterocycles. The van der Waals surface area contributed by atoms with Crippen molar-refractivity contribution in [3.63, 3.8) is 0 Å². The van der Waals surface area contributed by atoms with Crippen LogP contribution in [0.3, 0.4) is 0 Å². The maximum atomic E-state index is 13.7. The average Bonchev–Trinajstić information content (AvgIpc) is 3.52. The maximum absolute atomic E-state index is 13.7. The second kappa shape index (κ2) is 8.76. The van der Waals surface area contributed by atoms with Crippen molar-refractivity contribution in [1.82, 2.24) is 9.78 Å². The predicted molar refractivity (Wildman–Crippen MR) is 141 cm³/mol. The number of rotatable bonds is 4. The Morgan fingerprint density at radius 2 is 1.89 bits per heavy atom. The number of carboxylic acid groups (broad SMARTS) is 1. The highest BCUT2D eigenvalue weighted by atomic mass is 35.5. The van der Waals surface area contributed by atoms with Gasteiger partial charge in [0.15, 0.2) is 5.78 Å². The lowest BCUT2D eigenvalue weighted by Crippen LogP contribution is -2.30. The first-order valence-corrected chi connectivity index (χ1v) is 12.9. The number of Topliss-reactive ketones (excluding diaryl/α,β-unsaturated/α-hetero) is 1. The van der Waals surface area contributed by atoms with Crippen LogP contribution in [0.1, 0.15) is 56.7 Å². The van der Waals surface area contributed by atoms with Gasteiger partial charge in [0.1, 0.15) is 5.82 Å². The second-order valence-corrected chi connectivity index (χ2v) is 10.5. The van der Waals surface area contributed by atoms with Gasteiger partial charge in [-0.1, -0.05) is 41.9 Å². The number of carbonyl (C=O) groups is 2. The van der Waals surface area contributed by atoms with E-state index in [0.29, 0.717) is 29.4 Å². The third-order valence-corrected chi connectivity index (χ3v) is 8.26. The first kappa shape index (κ1) is 22.8. The van der Waals surface area contributed by atoms with Gasteiger partial charge in [-0.15, -0.1) is 11.3 Å². The van der Waals surface area contributed by atoms with Crippen molar-refractivity contribution >= 4 is 40.5 Å². The second-order valence-electron chi connectivity index (χ2n) is 9.13. The molecule has 1 aliphatic heterocycles. The fourth-order valence-corrected chi connectivity index (χ4v) is 6.36. The van der Waals surface area contributed by atoms with Crippen molar-refractivity contribution in [1.29, 1.82) is 0 Å². The molecule has 2 atom stereocenters. The number of allylic oxidation sites excluding steroid dienone is 2. The molecule has 0 spiro atoms. The molecule has 0 saturated carbocycles. The van der Waals surface area contributed by atoms with Crippen molar-refractivity contribution in [2.75, 3.05) is 5.32 Å². The number of aryl methyl sites for hydroxylation is 1. The molecule has 8 heteroatoms. The van der Waals surface area contributed by atoms with Gasteiger partial charge < -0.3 is 10.4 Å². The van der Waals surface area contributed by atoms with E-state index >= 15 is 0 Å². The van der Waals surface area contributed by atoms with Gasteiger partial charge in [0.05, 0.1) is 16.9 Å². The molecule has 6 nitrogen and oxygen atoms in total. The predicted octanol–water partition coefficient (Wildman–Crippen LogP) is 6.55. The third-order valence-electron chi connectivity index (χ3n) is 6.97. The molecule has 6 rings (SSSR count). The quantitative estimate of drug-likeness (QED) is 0.322. The SMILES string of the molecule is Cc1nn(-c2ccccc2C(=O)O)c2c1[C@H](c1ccc(Cl)cc1)C1=C(C[C@@H](c3cccs3)CC1=O)N2. The number of hydrogen-bond acceptors (Lipinski definition) is 5. The highest BCUT2D eigenvalue weighted by molar-refractivity contribution is 7.10. The molecule has 1 aliphatic carbocycles. The van der Waals surface area contributed by atoms with Gasteiger partial charge in [0, 0.05) is 45.0 Å². The van der Waals surface area contributed by atoms with Crippen LogP contribution < -0.4 is 5.32 Å². The number of para-hydroxylation sites is 1. The van der Waals surface area contributed by atoms with Crippen molar-refractivity contribution in [2.45, 2.75) is 31.6 Å². The topological polar surface area (TPSA) is 84.2 Å². The molecule has 0 bridgehead atoms. The van der Waals surface area contributed by atoms with Gasteiger partial charge in [-0.05, 0) is 54.6 Å². The summed E-state index contributed by atoms with van der Waals surface area (Å²) < 4.78 is 1.67. The zero-order valence-corrected chi connectivity index (χ0v) is 20.9. The van der Waals surface area contributed by atoms with Crippen LogP contribution >= 0.6 is 22.9 Å². The van der Waals surface area contributed by atoms with Gasteiger partial charge in [0.25, 0.3) is 0 Å². The summed E-state index contributed by atoms with van der Waals surface area (Å²) in [5, 5.41) is 20.8. The molecule has 0 unspecified atom stereocenters. The Morgan fingerprint density at radius 3 is 2.61 bits per heavy atom. The largest absolute Gasteiger partial charge is 0.478 e. The molecule has 2 aliphatic rings. The van der Waals surface area contributed by atoms with Crippen LogP contribution in [0.15, 0.2) is 77.3 Å². The molecule has 180 valence electrons. The Balaban J connectivity index is 1.56. The third kappa shape index (κ3) is 3.67. The number of nitrogens with one attached hydrogen (secondary N) is 1. The van der Waals surface area contributed by atoms with E-state index in [4.69, 9.17) is 16.7 Å². The summed E-state index contributed by atoms with van der Waals surface area (Å²) in [5.41, 5.74) is 4.81. The van der Waals surface area contributed by atoms with Crippen LogP contribution in [-0.2, 0) is 4.79 Å². The van der Waals surface area contributed by atoms with Gasteiger partial charge >= 0.3 is 5.97 Å². The lowest BCUT2D eigenvalue weighted by atomic mass is 9.73. The van der Waals surface area contributed by atoms with Crippen LogP contribution in [0.4, 0.5) is 5.82 Å². The first-order chi connectivity index (χ1) is 17.4. The van der Waals surface area contributed by atoms with Crippen LogP contribution in [0.5, 0.6) is 0 Å². The monoisotopic (exact) mass is 515 g/mol. The van der Waals surface area contributed by atoms with Crippen molar-refractivity contribution in [3.8, 4) is 5.69 Å². The smallest absolute Gasteiger partial charge is 0.337 e. The number of aromatic nitrogens is 2. The van der Waals surface area contributed by atoms with Gasteiger partial charge in [-0.2, -0.15) is 5.10 Å². The Labute approximate surface area is 216 Å². The fourth-order valence-electron chi connectivity index (χ4n) is 5.40. The van der Waals surface area contributed by atoms with E-state index in [0.717, 1.165) is 28.1 Å². The molecule has 0 fully saturated rings. The number of carboxylic acids is 1. The highest BCUT2D eigenvalue weighted by Crippen LogP contribution is 2.50. The Kier molecular flexibility index (Phi) is 5.54. The molecule has 2 N–H and O–H groups in total. The molecule has 4 aromatic rings. The normalized spacial score (nSPS) is 19.0. The molecular formula is C28H22ClN3O3S. The fraction of sp³-hybridized carbons (Fsp3) is 0.179. The van der Waals surface area contributed by atoms with E-state index < -0.39 is 5.97 Å². The summed E-state index contributed by atoms with van der Waals surface area (Å²) in [5.74, 6) is -0.440. The molecule has 0 saturated heterocycles. The number of anilines is 1. The van der Waals surface area contributed by atoms with Gasteiger partial charge in [0.2, 0.25) is 0 Å². The summed E-state index contributed by atoms with van der Waals surface area (Å²) in [6, 6.07) is 18.5. The number of hydrogen-bond donors (Lipinski definition) is 2. The minimum absolute atomic E-state index is 0.0972. The summed E-state index contributed by atoms with van der Waals surface area (Å²) in [6.07, 6.45) is 1.14. The molecule has 0 radical (unpaired) electrons. The number of ketones is 1. The zero-order chi connectivity index (χ0) is 25.0. The Morgan fingerprint density at radius 1 is 1.11 bits per heavy atom. The summed E-state index contributed by atoms with van der Waals surface area (Å²) >= 11 is 7.86. The molecule has 2 aromatic carbocycles. The van der Waals surface area contributed by atoms with E-state index in [9.17, 15) is 14.7 Å².